The summed E-state index contributed by atoms with van der Waals surface area (Å²) in [4.78, 5) is 42.0. The Labute approximate surface area is 193 Å². The summed E-state index contributed by atoms with van der Waals surface area (Å²) >= 11 is 1.64. The van der Waals surface area contributed by atoms with E-state index in [0.717, 1.165) is 29.7 Å². The minimum atomic E-state index is -0.720. The first-order chi connectivity index (χ1) is 15.2. The van der Waals surface area contributed by atoms with E-state index in [0.29, 0.717) is 13.0 Å². The second kappa shape index (κ2) is 8.37. The van der Waals surface area contributed by atoms with Gasteiger partial charge >= 0.3 is 0 Å². The van der Waals surface area contributed by atoms with E-state index < -0.39 is 22.6 Å². The minimum Gasteiger partial charge on any atom is -0.395 e. The SMILES string of the molecule is CCCNC(=O)[C@@H]1[C@H]2C(=O)N(CCO)C(C(=O)Nc3cc(C)ccc3C)C23CC[C@@]1(C)S3. The summed E-state index contributed by atoms with van der Waals surface area (Å²) in [6.45, 7) is 8.39. The molecule has 0 aromatic heterocycles. The highest BCUT2D eigenvalue weighted by Crippen LogP contribution is 2.71. The highest BCUT2D eigenvalue weighted by atomic mass is 32.2. The first-order valence-corrected chi connectivity index (χ1v) is 12.3. The molecule has 3 N–H and O–H groups in total. The molecule has 1 aromatic rings. The number of nitrogens with one attached hydrogen (secondary N) is 2. The lowest BCUT2D eigenvalue weighted by atomic mass is 9.66. The zero-order valence-electron chi connectivity index (χ0n) is 19.2. The molecule has 1 aromatic carbocycles. The molecule has 3 heterocycles. The lowest BCUT2D eigenvalue weighted by Crippen LogP contribution is -2.52. The average molecular weight is 460 g/mol. The van der Waals surface area contributed by atoms with Gasteiger partial charge in [0.15, 0.2) is 0 Å². The van der Waals surface area contributed by atoms with Crippen molar-refractivity contribution >= 4 is 35.2 Å². The zero-order chi connectivity index (χ0) is 23.3. The Kier molecular flexibility index (Phi) is 6.05. The van der Waals surface area contributed by atoms with Crippen LogP contribution in [-0.4, -0.2) is 63.0 Å². The van der Waals surface area contributed by atoms with Crippen molar-refractivity contribution < 1.29 is 19.5 Å². The maximum Gasteiger partial charge on any atom is 0.248 e. The molecule has 7 nitrogen and oxygen atoms in total. The third-order valence-electron chi connectivity index (χ3n) is 7.35. The Morgan fingerprint density at radius 3 is 2.69 bits per heavy atom. The molecule has 2 unspecified atom stereocenters. The second-order valence-electron chi connectivity index (χ2n) is 9.58. The maximum atomic E-state index is 13.7. The predicted molar refractivity (Wildman–Crippen MR) is 125 cm³/mol. The molecule has 8 heteroatoms. The largest absolute Gasteiger partial charge is 0.395 e. The molecule has 3 aliphatic heterocycles. The molecule has 0 saturated carbocycles. The van der Waals surface area contributed by atoms with Crippen molar-refractivity contribution in [3.63, 3.8) is 0 Å². The van der Waals surface area contributed by atoms with Crippen molar-refractivity contribution in [3.8, 4) is 0 Å². The molecule has 0 radical (unpaired) electrons. The first-order valence-electron chi connectivity index (χ1n) is 11.5. The molecule has 5 atom stereocenters. The van der Waals surface area contributed by atoms with Gasteiger partial charge in [-0.15, -0.1) is 11.8 Å². The standard InChI is InChI=1S/C24H33N3O4S/c1-5-10-25-20(29)17-18-22(31)27(11-12-28)19(24(18)9-8-23(17,4)32-24)21(30)26-16-13-14(2)6-7-15(16)3/h6-7,13,17-19,28H,5,8-12H2,1-4H3,(H,25,29)(H,26,30)/t17-,18-,19?,23+,24?/m0/s1. The second-order valence-corrected chi connectivity index (χ2v) is 11.5. The van der Waals surface area contributed by atoms with Gasteiger partial charge < -0.3 is 20.6 Å². The molecular weight excluding hydrogens is 426 g/mol. The summed E-state index contributed by atoms with van der Waals surface area (Å²) in [5.41, 5.74) is 2.71. The first kappa shape index (κ1) is 23.1. The molecule has 3 fully saturated rings. The molecule has 1 spiro atoms. The number of aliphatic hydroxyl groups excluding tert-OH is 1. The van der Waals surface area contributed by atoms with Crippen LogP contribution < -0.4 is 10.6 Å². The summed E-state index contributed by atoms with van der Waals surface area (Å²) in [6, 6.07) is 5.16. The normalized spacial score (nSPS) is 32.8. The van der Waals surface area contributed by atoms with E-state index in [-0.39, 0.29) is 35.6 Å². The Hall–Kier alpha value is -2.06. The van der Waals surface area contributed by atoms with E-state index in [1.54, 1.807) is 11.8 Å². The summed E-state index contributed by atoms with van der Waals surface area (Å²) in [5.74, 6) is -1.55. The van der Waals surface area contributed by atoms with Gasteiger partial charge in [0.05, 0.1) is 23.2 Å². The fourth-order valence-electron chi connectivity index (χ4n) is 5.91. The molecule has 32 heavy (non-hydrogen) atoms. The third kappa shape index (κ3) is 3.43. The molecule has 2 bridgehead atoms. The predicted octanol–water partition coefficient (Wildman–Crippen LogP) is 2.24. The number of fused-ring (bicyclic) bond motifs is 1. The van der Waals surface area contributed by atoms with Crippen LogP contribution in [0.2, 0.25) is 0 Å². The topological polar surface area (TPSA) is 98.7 Å². The number of aryl methyl sites for hydroxylation is 2. The number of anilines is 1. The maximum absolute atomic E-state index is 13.7. The van der Waals surface area contributed by atoms with Gasteiger partial charge in [-0.2, -0.15) is 0 Å². The number of benzene rings is 1. The number of carbonyl (C=O) groups excluding carboxylic acids is 3. The van der Waals surface area contributed by atoms with Gasteiger partial charge in [0.25, 0.3) is 0 Å². The lowest BCUT2D eigenvalue weighted by molar-refractivity contribution is -0.140. The summed E-state index contributed by atoms with van der Waals surface area (Å²) in [5, 5.41) is 15.7. The molecule has 3 aliphatic rings. The van der Waals surface area contributed by atoms with Crippen LogP contribution in [0.3, 0.4) is 0 Å². The molecule has 3 saturated heterocycles. The van der Waals surface area contributed by atoms with Crippen LogP contribution in [0.1, 0.15) is 44.2 Å². The van der Waals surface area contributed by atoms with E-state index in [1.165, 1.54) is 4.90 Å². The summed E-state index contributed by atoms with van der Waals surface area (Å²) in [6.07, 6.45) is 2.31. The van der Waals surface area contributed by atoms with Crippen molar-refractivity contribution in [3.05, 3.63) is 29.3 Å². The van der Waals surface area contributed by atoms with E-state index >= 15 is 0 Å². The Morgan fingerprint density at radius 1 is 1.25 bits per heavy atom. The van der Waals surface area contributed by atoms with Crippen molar-refractivity contribution in [2.45, 2.75) is 62.5 Å². The van der Waals surface area contributed by atoms with Crippen molar-refractivity contribution in [2.75, 3.05) is 25.0 Å². The fourth-order valence-corrected chi connectivity index (χ4v) is 8.26. The van der Waals surface area contributed by atoms with Gasteiger partial charge in [-0.3, -0.25) is 14.4 Å². The number of rotatable bonds is 7. The van der Waals surface area contributed by atoms with Gasteiger partial charge in [0.1, 0.15) is 6.04 Å². The van der Waals surface area contributed by atoms with Crippen LogP contribution in [0, 0.1) is 25.7 Å². The number of thioether (sulfide) groups is 1. The summed E-state index contributed by atoms with van der Waals surface area (Å²) < 4.78 is -1.03. The van der Waals surface area contributed by atoms with Crippen LogP contribution in [0.5, 0.6) is 0 Å². The minimum absolute atomic E-state index is 0.0859. The van der Waals surface area contributed by atoms with E-state index in [9.17, 15) is 19.5 Å². The van der Waals surface area contributed by atoms with Crippen LogP contribution in [0.4, 0.5) is 5.69 Å². The Balaban J connectivity index is 1.71. The quantitative estimate of drug-likeness (QED) is 0.581. The zero-order valence-corrected chi connectivity index (χ0v) is 20.1. The monoisotopic (exact) mass is 459 g/mol. The number of β-amino-alcohol motifs (C(OH)–C–C–N with tert-alkyl or cyclic N) is 1. The number of carbonyl (C=O) groups is 3. The number of hydrogen-bond acceptors (Lipinski definition) is 5. The summed E-state index contributed by atoms with van der Waals surface area (Å²) in [7, 11) is 0. The van der Waals surface area contributed by atoms with Crippen LogP contribution in [0.25, 0.3) is 0 Å². The van der Waals surface area contributed by atoms with Gasteiger partial charge in [0, 0.05) is 23.5 Å². The molecular formula is C24H33N3O4S. The number of aliphatic hydroxyl groups is 1. The number of amides is 3. The van der Waals surface area contributed by atoms with Crippen LogP contribution in [-0.2, 0) is 14.4 Å². The fraction of sp³-hybridized carbons (Fsp3) is 0.625. The number of likely N-dealkylation sites (tertiary alicyclic amines) is 1. The van der Waals surface area contributed by atoms with Crippen molar-refractivity contribution in [1.29, 1.82) is 0 Å². The average Bonchev–Trinajstić information content (AvgIpc) is 3.30. The Morgan fingerprint density at radius 2 is 2.00 bits per heavy atom. The van der Waals surface area contributed by atoms with Crippen molar-refractivity contribution in [2.24, 2.45) is 11.8 Å². The third-order valence-corrected chi connectivity index (χ3v) is 9.33. The molecule has 0 aliphatic carbocycles. The van der Waals surface area contributed by atoms with Crippen molar-refractivity contribution in [1.82, 2.24) is 10.2 Å². The number of nitrogens with zero attached hydrogens (tertiary/aromatic N) is 1. The number of hydrogen-bond donors (Lipinski definition) is 3. The van der Waals surface area contributed by atoms with Gasteiger partial charge in [-0.25, -0.2) is 0 Å². The van der Waals surface area contributed by atoms with Gasteiger partial charge in [-0.1, -0.05) is 19.1 Å². The molecule has 3 amide bonds. The molecule has 174 valence electrons. The van der Waals surface area contributed by atoms with E-state index in [2.05, 4.69) is 17.6 Å². The Bertz CT molecular complexity index is 953. The van der Waals surface area contributed by atoms with E-state index in [1.807, 2.05) is 39.0 Å². The highest BCUT2D eigenvalue weighted by molar-refractivity contribution is 8.02. The smallest absolute Gasteiger partial charge is 0.248 e. The highest BCUT2D eigenvalue weighted by Gasteiger charge is 2.76. The van der Waals surface area contributed by atoms with E-state index in [4.69, 9.17) is 0 Å². The molecule has 4 rings (SSSR count). The van der Waals surface area contributed by atoms with Gasteiger partial charge in [-0.05, 0) is 57.2 Å². The lowest BCUT2D eigenvalue weighted by Gasteiger charge is -2.34. The van der Waals surface area contributed by atoms with Crippen LogP contribution in [0.15, 0.2) is 18.2 Å². The van der Waals surface area contributed by atoms with Crippen LogP contribution >= 0.6 is 11.8 Å². The van der Waals surface area contributed by atoms with Gasteiger partial charge in [0.2, 0.25) is 17.7 Å².